The fourth-order valence-corrected chi connectivity index (χ4v) is 1.23. The summed E-state index contributed by atoms with van der Waals surface area (Å²) in [6.07, 6.45) is 0. The number of nitrogens with zero attached hydrogens (tertiary/aromatic N) is 1. The van der Waals surface area contributed by atoms with Crippen LogP contribution in [0.3, 0.4) is 0 Å². The van der Waals surface area contributed by atoms with E-state index in [1.807, 2.05) is 0 Å². The molecule has 0 radical (unpaired) electrons. The molecule has 0 saturated heterocycles. The molecule has 2 aromatic rings. The maximum absolute atomic E-state index is 11.3. The minimum Gasteiger partial charge on any atom is -0.507 e. The molecular formula is C8H7N3O3. The SMILES string of the molecule is Nc1nc2c(O)ccc(O)c2c(=O)[nH]1. The van der Waals surface area contributed by atoms with Crippen LogP contribution in [0.5, 0.6) is 11.5 Å². The van der Waals surface area contributed by atoms with Crippen LogP contribution in [0.25, 0.3) is 10.9 Å². The number of aromatic amines is 1. The Morgan fingerprint density at radius 3 is 2.64 bits per heavy atom. The van der Waals surface area contributed by atoms with Crippen LogP contribution < -0.4 is 11.3 Å². The van der Waals surface area contributed by atoms with Crippen LogP contribution in [-0.4, -0.2) is 20.2 Å². The monoisotopic (exact) mass is 193 g/mol. The number of hydrogen-bond acceptors (Lipinski definition) is 5. The Balaban J connectivity index is 3.08. The Kier molecular flexibility index (Phi) is 1.57. The normalized spacial score (nSPS) is 10.6. The highest BCUT2D eigenvalue weighted by Gasteiger charge is 2.10. The van der Waals surface area contributed by atoms with Crippen molar-refractivity contribution in [3.05, 3.63) is 22.5 Å². The van der Waals surface area contributed by atoms with Crippen LogP contribution >= 0.6 is 0 Å². The Morgan fingerprint density at radius 2 is 1.93 bits per heavy atom. The molecule has 14 heavy (non-hydrogen) atoms. The van der Waals surface area contributed by atoms with Crippen LogP contribution in [-0.2, 0) is 0 Å². The first-order valence-electron chi connectivity index (χ1n) is 3.80. The molecule has 1 aromatic carbocycles. The van der Waals surface area contributed by atoms with Gasteiger partial charge in [0.1, 0.15) is 22.4 Å². The predicted octanol–water partition coefficient (Wildman–Crippen LogP) is -0.0835. The Hall–Kier alpha value is -2.24. The number of aromatic nitrogens is 2. The first kappa shape index (κ1) is 8.36. The molecule has 0 unspecified atom stereocenters. The fourth-order valence-electron chi connectivity index (χ4n) is 1.23. The molecule has 0 amide bonds. The number of phenols is 2. The van der Waals surface area contributed by atoms with Gasteiger partial charge in [0.05, 0.1) is 0 Å². The number of benzene rings is 1. The average Bonchev–Trinajstić information content (AvgIpc) is 2.10. The number of anilines is 1. The van der Waals surface area contributed by atoms with Gasteiger partial charge in [-0.05, 0) is 12.1 Å². The molecule has 0 atom stereocenters. The van der Waals surface area contributed by atoms with E-state index in [0.29, 0.717) is 0 Å². The number of aromatic hydroxyl groups is 2. The van der Waals surface area contributed by atoms with Gasteiger partial charge in [-0.3, -0.25) is 9.78 Å². The summed E-state index contributed by atoms with van der Waals surface area (Å²) >= 11 is 0. The van der Waals surface area contributed by atoms with E-state index < -0.39 is 5.56 Å². The summed E-state index contributed by atoms with van der Waals surface area (Å²) in [5, 5.41) is 18.6. The van der Waals surface area contributed by atoms with E-state index in [2.05, 4.69) is 9.97 Å². The van der Waals surface area contributed by atoms with Gasteiger partial charge in [0.15, 0.2) is 0 Å². The first-order chi connectivity index (χ1) is 6.59. The van der Waals surface area contributed by atoms with Gasteiger partial charge in [-0.2, -0.15) is 0 Å². The van der Waals surface area contributed by atoms with Crippen LogP contribution in [0.4, 0.5) is 5.95 Å². The van der Waals surface area contributed by atoms with E-state index in [1.54, 1.807) is 0 Å². The molecule has 0 aliphatic heterocycles. The highest BCUT2D eigenvalue weighted by atomic mass is 16.3. The molecule has 1 heterocycles. The smallest absolute Gasteiger partial charge is 0.264 e. The zero-order valence-electron chi connectivity index (χ0n) is 6.98. The van der Waals surface area contributed by atoms with Crippen LogP contribution in [0.15, 0.2) is 16.9 Å². The number of nitrogen functional groups attached to an aromatic ring is 1. The van der Waals surface area contributed by atoms with Crippen molar-refractivity contribution in [2.45, 2.75) is 0 Å². The van der Waals surface area contributed by atoms with Crippen LogP contribution in [0.2, 0.25) is 0 Å². The summed E-state index contributed by atoms with van der Waals surface area (Å²) < 4.78 is 0. The third kappa shape index (κ3) is 1.05. The van der Waals surface area contributed by atoms with E-state index in [4.69, 9.17) is 5.73 Å². The number of hydrogen-bond donors (Lipinski definition) is 4. The summed E-state index contributed by atoms with van der Waals surface area (Å²) in [4.78, 5) is 17.3. The van der Waals surface area contributed by atoms with Gasteiger partial charge in [-0.15, -0.1) is 0 Å². The molecule has 2 rings (SSSR count). The summed E-state index contributed by atoms with van der Waals surface area (Å²) in [5.74, 6) is -0.550. The quantitative estimate of drug-likeness (QED) is 0.437. The van der Waals surface area contributed by atoms with Crippen LogP contribution in [0, 0.1) is 0 Å². The van der Waals surface area contributed by atoms with Crippen molar-refractivity contribution in [3.8, 4) is 11.5 Å². The summed E-state index contributed by atoms with van der Waals surface area (Å²) in [6, 6.07) is 2.45. The topological polar surface area (TPSA) is 112 Å². The van der Waals surface area contributed by atoms with Crippen molar-refractivity contribution in [1.82, 2.24) is 9.97 Å². The van der Waals surface area contributed by atoms with E-state index in [1.165, 1.54) is 12.1 Å². The van der Waals surface area contributed by atoms with E-state index in [9.17, 15) is 15.0 Å². The Morgan fingerprint density at radius 1 is 1.29 bits per heavy atom. The van der Waals surface area contributed by atoms with Gasteiger partial charge in [-0.25, -0.2) is 4.98 Å². The minimum atomic E-state index is -0.582. The second-order valence-electron chi connectivity index (χ2n) is 2.78. The highest BCUT2D eigenvalue weighted by Crippen LogP contribution is 2.27. The lowest BCUT2D eigenvalue weighted by Gasteiger charge is -2.02. The highest BCUT2D eigenvalue weighted by molar-refractivity contribution is 5.89. The number of fused-ring (bicyclic) bond motifs is 1. The van der Waals surface area contributed by atoms with Crippen molar-refractivity contribution in [1.29, 1.82) is 0 Å². The zero-order valence-corrected chi connectivity index (χ0v) is 6.98. The molecule has 1 aromatic heterocycles. The summed E-state index contributed by atoms with van der Waals surface area (Å²) in [5.41, 5.74) is 4.69. The molecule has 0 bridgehead atoms. The number of H-pyrrole nitrogens is 1. The lowest BCUT2D eigenvalue weighted by molar-refractivity contribution is 0.468. The predicted molar refractivity (Wildman–Crippen MR) is 50.1 cm³/mol. The number of nitrogens with two attached hydrogens (primary N) is 1. The van der Waals surface area contributed by atoms with Gasteiger partial charge in [0.2, 0.25) is 5.95 Å². The zero-order chi connectivity index (χ0) is 10.3. The Bertz CT molecular complexity index is 561. The maximum Gasteiger partial charge on any atom is 0.264 e. The lowest BCUT2D eigenvalue weighted by atomic mass is 10.2. The fraction of sp³-hybridized carbons (Fsp3) is 0. The van der Waals surface area contributed by atoms with Gasteiger partial charge in [0, 0.05) is 0 Å². The lowest BCUT2D eigenvalue weighted by Crippen LogP contribution is -2.11. The largest absolute Gasteiger partial charge is 0.507 e. The Labute approximate surface area is 77.6 Å². The van der Waals surface area contributed by atoms with Gasteiger partial charge >= 0.3 is 0 Å². The molecule has 5 N–H and O–H groups in total. The third-order valence-electron chi connectivity index (χ3n) is 1.84. The van der Waals surface area contributed by atoms with Gasteiger partial charge in [0.25, 0.3) is 5.56 Å². The van der Waals surface area contributed by atoms with Gasteiger partial charge < -0.3 is 15.9 Å². The second-order valence-corrected chi connectivity index (χ2v) is 2.78. The number of phenolic OH excluding ortho intramolecular Hbond substituents is 2. The third-order valence-corrected chi connectivity index (χ3v) is 1.84. The first-order valence-corrected chi connectivity index (χ1v) is 3.80. The average molecular weight is 193 g/mol. The van der Waals surface area contributed by atoms with Crippen molar-refractivity contribution >= 4 is 16.9 Å². The molecule has 0 aliphatic carbocycles. The number of nitrogens with one attached hydrogen (secondary N) is 1. The standard InChI is InChI=1S/C8H7N3O3/c9-8-10-6-4(13)2-1-3(12)5(6)7(14)11-8/h1-2,12-13H,(H3,9,10,11,14). The van der Waals surface area contributed by atoms with Crippen molar-refractivity contribution in [2.75, 3.05) is 5.73 Å². The molecule has 0 fully saturated rings. The summed E-state index contributed by atoms with van der Waals surface area (Å²) in [7, 11) is 0. The maximum atomic E-state index is 11.3. The molecule has 6 heteroatoms. The van der Waals surface area contributed by atoms with E-state index >= 15 is 0 Å². The molecule has 72 valence electrons. The second kappa shape index (κ2) is 2.63. The van der Waals surface area contributed by atoms with Crippen molar-refractivity contribution in [2.24, 2.45) is 0 Å². The van der Waals surface area contributed by atoms with Crippen LogP contribution in [0.1, 0.15) is 0 Å². The van der Waals surface area contributed by atoms with E-state index in [0.717, 1.165) is 0 Å². The van der Waals surface area contributed by atoms with E-state index in [-0.39, 0.29) is 28.4 Å². The molecule has 0 aliphatic rings. The molecular weight excluding hydrogens is 186 g/mol. The minimum absolute atomic E-state index is 0.00810. The molecule has 0 saturated carbocycles. The molecule has 0 spiro atoms. The van der Waals surface area contributed by atoms with Crippen molar-refractivity contribution in [3.63, 3.8) is 0 Å². The van der Waals surface area contributed by atoms with Gasteiger partial charge in [-0.1, -0.05) is 0 Å². The van der Waals surface area contributed by atoms with Crippen molar-refractivity contribution < 1.29 is 10.2 Å². The molecule has 6 nitrogen and oxygen atoms in total. The number of rotatable bonds is 0. The summed E-state index contributed by atoms with van der Waals surface area (Å²) in [6.45, 7) is 0.